The quantitative estimate of drug-likeness (QED) is 0.315. The van der Waals surface area contributed by atoms with E-state index in [1.165, 1.54) is 0 Å². The van der Waals surface area contributed by atoms with Crippen LogP contribution in [0.4, 0.5) is 0 Å². The van der Waals surface area contributed by atoms with Gasteiger partial charge in [-0.05, 0) is 95.1 Å². The summed E-state index contributed by atoms with van der Waals surface area (Å²) in [5.41, 5.74) is 6.05. The van der Waals surface area contributed by atoms with Gasteiger partial charge in [0.2, 0.25) is 0 Å². The molecule has 0 aliphatic carbocycles. The number of aromatic nitrogens is 2. The topological polar surface area (TPSA) is 35.8 Å². The van der Waals surface area contributed by atoms with Crippen molar-refractivity contribution < 1.29 is 9.47 Å². The summed E-state index contributed by atoms with van der Waals surface area (Å²) in [4.78, 5) is 4.62. The number of imidazole rings is 1. The van der Waals surface area contributed by atoms with Crippen LogP contribution < -0.4 is 9.47 Å². The molecule has 5 heteroatoms. The highest BCUT2D eigenvalue weighted by Gasteiger charge is 2.14. The molecule has 0 N–H and O–H groups in total. The summed E-state index contributed by atoms with van der Waals surface area (Å²) in [5.74, 6) is 1.55. The number of ether oxygens (including phenoxy) is 2. The molecule has 32 heavy (non-hydrogen) atoms. The molecule has 0 aliphatic rings. The van der Waals surface area contributed by atoms with Crippen molar-refractivity contribution in [1.82, 2.24) is 9.38 Å². The van der Waals surface area contributed by atoms with Crippen LogP contribution in [-0.4, -0.2) is 21.1 Å². The molecular weight excluding hydrogens is 420 g/mol. The van der Waals surface area contributed by atoms with Crippen molar-refractivity contribution in [3.63, 3.8) is 0 Å². The summed E-state index contributed by atoms with van der Waals surface area (Å²) in [6.45, 7) is 12.2. The predicted molar refractivity (Wildman–Crippen MR) is 132 cm³/mol. The molecule has 2 heterocycles. The summed E-state index contributed by atoms with van der Waals surface area (Å²) in [6.07, 6.45) is 4.11. The Morgan fingerprint density at radius 1 is 0.969 bits per heavy atom. The first-order valence-electron chi connectivity index (χ1n) is 10.8. The van der Waals surface area contributed by atoms with Crippen molar-refractivity contribution in [3.05, 3.63) is 71.5 Å². The van der Waals surface area contributed by atoms with Crippen LogP contribution >= 0.6 is 11.6 Å². The number of aryl methyl sites for hydroxylation is 1. The van der Waals surface area contributed by atoms with E-state index in [9.17, 15) is 0 Å². The fraction of sp³-hybridized carbons (Fsp3) is 0.296. The van der Waals surface area contributed by atoms with E-state index in [4.69, 9.17) is 21.1 Å². The van der Waals surface area contributed by atoms with E-state index in [1.54, 1.807) is 0 Å². The van der Waals surface area contributed by atoms with Gasteiger partial charge in [0.25, 0.3) is 0 Å². The van der Waals surface area contributed by atoms with E-state index in [0.29, 0.717) is 10.8 Å². The third kappa shape index (κ3) is 4.76. The molecule has 4 nitrogen and oxygen atoms in total. The van der Waals surface area contributed by atoms with Gasteiger partial charge in [-0.3, -0.25) is 4.40 Å². The molecule has 0 aliphatic heterocycles. The third-order valence-electron chi connectivity index (χ3n) is 5.03. The van der Waals surface area contributed by atoms with Crippen molar-refractivity contribution >= 4 is 17.2 Å². The Balaban J connectivity index is 1.72. The average molecular weight is 449 g/mol. The van der Waals surface area contributed by atoms with Crippen molar-refractivity contribution in [2.45, 2.75) is 53.2 Å². The summed E-state index contributed by atoms with van der Waals surface area (Å²) < 4.78 is 13.9. The zero-order valence-electron chi connectivity index (χ0n) is 19.4. The van der Waals surface area contributed by atoms with E-state index >= 15 is 0 Å². The molecule has 166 valence electrons. The van der Waals surface area contributed by atoms with E-state index < -0.39 is 0 Å². The molecule has 0 saturated carbocycles. The highest BCUT2D eigenvalue weighted by atomic mass is 35.5. The first-order chi connectivity index (χ1) is 15.1. The molecule has 0 amide bonds. The summed E-state index contributed by atoms with van der Waals surface area (Å²) >= 11 is 6.50. The Bertz CT molecular complexity index is 1250. The molecule has 0 spiro atoms. The third-order valence-corrected chi connectivity index (χ3v) is 5.33. The van der Waals surface area contributed by atoms with Crippen LogP contribution in [0.2, 0.25) is 5.02 Å². The van der Waals surface area contributed by atoms with Gasteiger partial charge in [-0.25, -0.2) is 4.98 Å². The van der Waals surface area contributed by atoms with Crippen LogP contribution in [0.15, 0.2) is 60.9 Å². The zero-order chi connectivity index (χ0) is 23.0. The number of hydrogen-bond donors (Lipinski definition) is 0. The fourth-order valence-electron chi connectivity index (χ4n) is 3.70. The van der Waals surface area contributed by atoms with Gasteiger partial charge in [0.15, 0.2) is 0 Å². The molecule has 0 bridgehead atoms. The van der Waals surface area contributed by atoms with Crippen molar-refractivity contribution in [2.75, 3.05) is 0 Å². The lowest BCUT2D eigenvalue weighted by atomic mass is 10.0. The van der Waals surface area contributed by atoms with Crippen LogP contribution in [0.5, 0.6) is 11.5 Å². The number of benzene rings is 2. The molecule has 4 rings (SSSR count). The van der Waals surface area contributed by atoms with E-state index in [1.807, 2.05) is 71.1 Å². The van der Waals surface area contributed by atoms with Crippen LogP contribution in [0, 0.1) is 6.92 Å². The smallest absolute Gasteiger partial charge is 0.138 e. The minimum Gasteiger partial charge on any atom is -0.489 e. The monoisotopic (exact) mass is 448 g/mol. The molecule has 4 aromatic rings. The maximum atomic E-state index is 6.50. The fourth-order valence-corrected chi connectivity index (χ4v) is 3.93. The van der Waals surface area contributed by atoms with Crippen molar-refractivity contribution in [2.24, 2.45) is 0 Å². The van der Waals surface area contributed by atoms with Crippen molar-refractivity contribution in [1.29, 1.82) is 0 Å². The Morgan fingerprint density at radius 3 is 2.28 bits per heavy atom. The summed E-state index contributed by atoms with van der Waals surface area (Å²) in [6, 6.07) is 16.2. The van der Waals surface area contributed by atoms with E-state index in [0.717, 1.165) is 39.3 Å². The number of pyridine rings is 1. The molecule has 0 unspecified atom stereocenters. The predicted octanol–water partition coefficient (Wildman–Crippen LogP) is 7.59. The first kappa shape index (κ1) is 22.2. The van der Waals surface area contributed by atoms with Crippen LogP contribution in [0.3, 0.4) is 0 Å². The minimum atomic E-state index is -0.228. The lowest BCUT2D eigenvalue weighted by Gasteiger charge is -2.21. The van der Waals surface area contributed by atoms with Gasteiger partial charge in [-0.2, -0.15) is 0 Å². The highest BCUT2D eigenvalue weighted by molar-refractivity contribution is 6.32. The second-order valence-corrected chi connectivity index (χ2v) is 9.70. The second-order valence-electron chi connectivity index (χ2n) is 9.29. The first-order valence-corrected chi connectivity index (χ1v) is 11.2. The lowest BCUT2D eigenvalue weighted by molar-refractivity contribution is 0.131. The minimum absolute atomic E-state index is 0.0742. The van der Waals surface area contributed by atoms with Crippen molar-refractivity contribution in [3.8, 4) is 33.9 Å². The Morgan fingerprint density at radius 2 is 1.66 bits per heavy atom. The normalized spacial score (nSPS) is 11.9. The average Bonchev–Trinajstić information content (AvgIpc) is 3.10. The number of halogens is 1. The largest absolute Gasteiger partial charge is 0.489 e. The highest BCUT2D eigenvalue weighted by Crippen LogP contribution is 2.34. The lowest BCUT2D eigenvalue weighted by Crippen LogP contribution is -2.22. The van der Waals surface area contributed by atoms with Gasteiger partial charge >= 0.3 is 0 Å². The van der Waals surface area contributed by atoms with Crippen LogP contribution in [0.1, 0.15) is 40.2 Å². The van der Waals surface area contributed by atoms with Crippen LogP contribution in [-0.2, 0) is 0 Å². The van der Waals surface area contributed by atoms with E-state index in [-0.39, 0.29) is 11.7 Å². The number of rotatable bonds is 5. The van der Waals surface area contributed by atoms with Gasteiger partial charge in [0.1, 0.15) is 22.7 Å². The number of fused-ring (bicyclic) bond motifs is 1. The standard InChI is InChI=1S/C27H29ClN2O2/c1-17(2)31-25-12-9-20(14-23(25)28)22-16-30-24(15-29-26(30)13-18(22)3)19-7-10-21(11-8-19)32-27(4,5)6/h7-17H,1-6H3. The molecular formula is C27H29ClN2O2. The molecule has 0 radical (unpaired) electrons. The summed E-state index contributed by atoms with van der Waals surface area (Å²) in [5, 5.41) is 0.607. The van der Waals surface area contributed by atoms with Gasteiger partial charge < -0.3 is 9.47 Å². The number of nitrogens with zero attached hydrogens (tertiary/aromatic N) is 2. The van der Waals surface area contributed by atoms with Crippen LogP contribution in [0.25, 0.3) is 28.0 Å². The maximum absolute atomic E-state index is 6.50. The molecule has 2 aromatic carbocycles. The summed E-state index contributed by atoms with van der Waals surface area (Å²) in [7, 11) is 0. The SMILES string of the molecule is Cc1cc2ncc(-c3ccc(OC(C)(C)C)cc3)n2cc1-c1ccc(OC(C)C)c(Cl)c1. The zero-order valence-corrected chi connectivity index (χ0v) is 20.2. The second kappa shape index (κ2) is 8.51. The maximum Gasteiger partial charge on any atom is 0.138 e. The Kier molecular flexibility index (Phi) is 5.91. The van der Waals surface area contributed by atoms with Gasteiger partial charge in [-0.15, -0.1) is 0 Å². The molecule has 2 aromatic heterocycles. The van der Waals surface area contributed by atoms with E-state index in [2.05, 4.69) is 40.7 Å². The molecule has 0 atom stereocenters. The number of hydrogen-bond acceptors (Lipinski definition) is 3. The molecule has 0 fully saturated rings. The Labute approximate surface area is 194 Å². The molecule has 0 saturated heterocycles. The van der Waals surface area contributed by atoms with Gasteiger partial charge in [0, 0.05) is 17.3 Å². The Hall–Kier alpha value is -2.98. The van der Waals surface area contributed by atoms with Gasteiger partial charge in [0.05, 0.1) is 23.0 Å². The van der Waals surface area contributed by atoms with Gasteiger partial charge in [-0.1, -0.05) is 17.7 Å².